The van der Waals surface area contributed by atoms with Gasteiger partial charge in [-0.3, -0.25) is 0 Å². The van der Waals surface area contributed by atoms with E-state index in [1.54, 1.807) is 0 Å². The Bertz CT molecular complexity index is 174. The molecule has 0 aromatic carbocycles. The standard InChI is InChI=1S/C8H16O.C8H16.C2H6.CH4.B/c1-8(2)6-4-3-5-7-9-8;1-8-6-4-2-3-5-7-8;1-2;;/h3-7H2,1-2H3;8H,2-7H2,1H3;1-2H3;1H4;. The molecule has 3 radical (unpaired) electrons. The molecule has 0 unspecified atom stereocenters. The van der Waals surface area contributed by atoms with Crippen molar-refractivity contribution in [2.45, 2.75) is 112 Å². The van der Waals surface area contributed by atoms with Gasteiger partial charge in [-0.1, -0.05) is 79.6 Å². The summed E-state index contributed by atoms with van der Waals surface area (Å²) in [5.41, 5.74) is 0.163. The summed E-state index contributed by atoms with van der Waals surface area (Å²) in [5.74, 6) is 1.03. The van der Waals surface area contributed by atoms with Gasteiger partial charge in [0.05, 0.1) is 5.60 Å². The van der Waals surface area contributed by atoms with Gasteiger partial charge < -0.3 is 4.74 Å². The summed E-state index contributed by atoms with van der Waals surface area (Å²) in [6.07, 6.45) is 14.1. The van der Waals surface area contributed by atoms with Crippen LogP contribution in [-0.4, -0.2) is 20.6 Å². The molecule has 2 heteroatoms. The minimum Gasteiger partial charge on any atom is -0.376 e. The Morgan fingerprint density at radius 1 is 0.810 bits per heavy atom. The lowest BCUT2D eigenvalue weighted by molar-refractivity contribution is -0.0130. The molecule has 0 spiro atoms. The van der Waals surface area contributed by atoms with E-state index in [0.717, 1.165) is 12.5 Å². The van der Waals surface area contributed by atoms with Crippen molar-refractivity contribution in [1.29, 1.82) is 0 Å². The lowest BCUT2D eigenvalue weighted by Gasteiger charge is -2.21. The maximum atomic E-state index is 5.59. The Morgan fingerprint density at radius 3 is 1.81 bits per heavy atom. The molecule has 0 aromatic heterocycles. The van der Waals surface area contributed by atoms with Crippen LogP contribution < -0.4 is 0 Å². The maximum absolute atomic E-state index is 5.59. The van der Waals surface area contributed by atoms with Crippen molar-refractivity contribution in [3.8, 4) is 0 Å². The van der Waals surface area contributed by atoms with Crippen molar-refractivity contribution in [1.82, 2.24) is 0 Å². The van der Waals surface area contributed by atoms with Crippen molar-refractivity contribution < 1.29 is 4.74 Å². The van der Waals surface area contributed by atoms with Crippen molar-refractivity contribution in [2.24, 2.45) is 5.92 Å². The normalized spacial score (nSPS) is 21.6. The van der Waals surface area contributed by atoms with Gasteiger partial charge in [-0.2, -0.15) is 0 Å². The summed E-state index contributed by atoms with van der Waals surface area (Å²) < 4.78 is 5.59. The van der Waals surface area contributed by atoms with E-state index >= 15 is 0 Å². The Labute approximate surface area is 138 Å². The van der Waals surface area contributed by atoms with Crippen LogP contribution in [0.15, 0.2) is 0 Å². The summed E-state index contributed by atoms with van der Waals surface area (Å²) >= 11 is 0. The smallest absolute Gasteiger partial charge is 0.0626 e. The average Bonchev–Trinajstić information content (AvgIpc) is 2.74. The van der Waals surface area contributed by atoms with Crippen LogP contribution in [0.5, 0.6) is 0 Å². The molecule has 0 bridgehead atoms. The molecule has 0 atom stereocenters. The summed E-state index contributed by atoms with van der Waals surface area (Å²) in [6, 6.07) is 0. The Hall–Kier alpha value is 0.0249. The second kappa shape index (κ2) is 16.4. The van der Waals surface area contributed by atoms with Crippen LogP contribution in [0.1, 0.15) is 106 Å². The molecule has 21 heavy (non-hydrogen) atoms. The number of hydrogen-bond acceptors (Lipinski definition) is 1. The van der Waals surface area contributed by atoms with Crippen LogP contribution in [0.2, 0.25) is 0 Å². The van der Waals surface area contributed by atoms with Crippen molar-refractivity contribution in [2.75, 3.05) is 6.61 Å². The molecular weight excluding hydrogens is 255 g/mol. The van der Waals surface area contributed by atoms with Gasteiger partial charge in [0.1, 0.15) is 0 Å². The van der Waals surface area contributed by atoms with E-state index in [1.165, 1.54) is 64.2 Å². The van der Waals surface area contributed by atoms with Crippen molar-refractivity contribution in [3.05, 3.63) is 0 Å². The fourth-order valence-corrected chi connectivity index (χ4v) is 2.73. The maximum Gasteiger partial charge on any atom is 0.0626 e. The van der Waals surface area contributed by atoms with E-state index in [1.807, 2.05) is 13.8 Å². The molecule has 0 amide bonds. The predicted octanol–water partition coefficient (Wildman–Crippen LogP) is 6.61. The summed E-state index contributed by atoms with van der Waals surface area (Å²) in [6.45, 7) is 11.7. The first-order valence-corrected chi connectivity index (χ1v) is 8.74. The quantitative estimate of drug-likeness (QED) is 0.361. The highest BCUT2D eigenvalue weighted by molar-refractivity contribution is 5.75. The molecule has 1 aliphatic carbocycles. The highest BCUT2D eigenvalue weighted by Gasteiger charge is 2.19. The highest BCUT2D eigenvalue weighted by atomic mass is 16.5. The van der Waals surface area contributed by atoms with Crippen LogP contribution in [0.4, 0.5) is 0 Å². The van der Waals surface area contributed by atoms with E-state index in [-0.39, 0.29) is 21.4 Å². The first-order valence-electron chi connectivity index (χ1n) is 8.74. The van der Waals surface area contributed by atoms with Gasteiger partial charge in [0, 0.05) is 15.0 Å². The van der Waals surface area contributed by atoms with E-state index in [2.05, 4.69) is 20.8 Å². The van der Waals surface area contributed by atoms with E-state index in [4.69, 9.17) is 4.74 Å². The SMILES string of the molecule is C.CC.CC1(C)CCCCCO1.CC1CCCCCC1.[B]. The molecule has 1 saturated carbocycles. The van der Waals surface area contributed by atoms with Crippen LogP contribution in [0, 0.1) is 5.92 Å². The van der Waals surface area contributed by atoms with Gasteiger partial charge in [0.15, 0.2) is 0 Å². The lowest BCUT2D eigenvalue weighted by Crippen LogP contribution is -2.22. The van der Waals surface area contributed by atoms with Crippen LogP contribution in [0.25, 0.3) is 0 Å². The summed E-state index contributed by atoms with van der Waals surface area (Å²) in [5, 5.41) is 0. The fraction of sp³-hybridized carbons (Fsp3) is 1.00. The van der Waals surface area contributed by atoms with Crippen LogP contribution in [-0.2, 0) is 4.74 Å². The molecule has 127 valence electrons. The molecule has 1 heterocycles. The molecule has 0 aromatic rings. The monoisotopic (exact) mass is 297 g/mol. The number of hydrogen-bond donors (Lipinski definition) is 0. The van der Waals surface area contributed by atoms with Crippen molar-refractivity contribution in [3.63, 3.8) is 0 Å². The largest absolute Gasteiger partial charge is 0.376 e. The zero-order valence-electron chi connectivity index (χ0n) is 14.8. The Morgan fingerprint density at radius 2 is 1.29 bits per heavy atom. The van der Waals surface area contributed by atoms with Crippen LogP contribution in [0.3, 0.4) is 0 Å². The lowest BCUT2D eigenvalue weighted by atomic mass is 10.0. The number of ether oxygens (including phenoxy) is 1. The minimum atomic E-state index is 0. The molecular formula is C19H42BO. The predicted molar refractivity (Wildman–Crippen MR) is 99.2 cm³/mol. The van der Waals surface area contributed by atoms with Crippen LogP contribution >= 0.6 is 0 Å². The third kappa shape index (κ3) is 16.2. The Kier molecular flexibility index (Phi) is 20.3. The first kappa shape index (κ1) is 25.9. The van der Waals surface area contributed by atoms with Gasteiger partial charge in [0.25, 0.3) is 0 Å². The molecule has 0 N–H and O–H groups in total. The van der Waals surface area contributed by atoms with Gasteiger partial charge >= 0.3 is 0 Å². The molecule has 2 aliphatic rings. The first-order chi connectivity index (χ1) is 9.10. The highest BCUT2D eigenvalue weighted by Crippen LogP contribution is 2.22. The van der Waals surface area contributed by atoms with Gasteiger partial charge in [-0.25, -0.2) is 0 Å². The molecule has 2 rings (SSSR count). The topological polar surface area (TPSA) is 9.23 Å². The van der Waals surface area contributed by atoms with Gasteiger partial charge in [-0.05, 0) is 32.6 Å². The summed E-state index contributed by atoms with van der Waals surface area (Å²) in [7, 11) is 0. The zero-order chi connectivity index (χ0) is 14.6. The second-order valence-corrected chi connectivity index (χ2v) is 6.52. The fourth-order valence-electron chi connectivity index (χ4n) is 2.73. The third-order valence-corrected chi connectivity index (χ3v) is 4.06. The third-order valence-electron chi connectivity index (χ3n) is 4.06. The summed E-state index contributed by atoms with van der Waals surface area (Å²) in [4.78, 5) is 0. The Balaban J connectivity index is -0.000000255. The van der Waals surface area contributed by atoms with E-state index < -0.39 is 0 Å². The van der Waals surface area contributed by atoms with Crippen molar-refractivity contribution >= 4 is 8.41 Å². The molecule has 1 aliphatic heterocycles. The van der Waals surface area contributed by atoms with Gasteiger partial charge in [-0.15, -0.1) is 0 Å². The second-order valence-electron chi connectivity index (χ2n) is 6.52. The molecule has 2 fully saturated rings. The van der Waals surface area contributed by atoms with Gasteiger partial charge in [0.2, 0.25) is 0 Å². The number of rotatable bonds is 0. The minimum absolute atomic E-state index is 0. The molecule has 1 saturated heterocycles. The zero-order valence-corrected chi connectivity index (χ0v) is 14.8. The molecule has 1 nitrogen and oxygen atoms in total. The van der Waals surface area contributed by atoms with E-state index in [0.29, 0.717) is 0 Å². The average molecular weight is 297 g/mol. The van der Waals surface area contributed by atoms with E-state index in [9.17, 15) is 0 Å².